The van der Waals surface area contributed by atoms with Crippen LogP contribution in [0.2, 0.25) is 0 Å². The number of hydrogen-bond acceptors (Lipinski definition) is 4. The van der Waals surface area contributed by atoms with Crippen LogP contribution in [-0.4, -0.2) is 36.8 Å². The molecule has 4 nitrogen and oxygen atoms in total. The predicted molar refractivity (Wildman–Crippen MR) is 84.8 cm³/mol. The topological polar surface area (TPSA) is 47.7 Å². The van der Waals surface area contributed by atoms with Gasteiger partial charge in [-0.2, -0.15) is 0 Å². The molecular formula is C17H26N2O2. The molecule has 0 bridgehead atoms. The summed E-state index contributed by atoms with van der Waals surface area (Å²) >= 11 is 0. The Morgan fingerprint density at radius 1 is 1.14 bits per heavy atom. The number of anilines is 1. The Hall–Kier alpha value is -1.26. The molecule has 0 saturated carbocycles. The molecule has 1 saturated heterocycles. The van der Waals surface area contributed by atoms with Crippen molar-refractivity contribution in [3.8, 4) is 5.75 Å². The van der Waals surface area contributed by atoms with Gasteiger partial charge < -0.3 is 15.2 Å². The number of benzene rings is 1. The first-order valence-corrected chi connectivity index (χ1v) is 7.78. The van der Waals surface area contributed by atoms with Crippen molar-refractivity contribution < 1.29 is 9.47 Å². The second kappa shape index (κ2) is 5.18. The SMILES string of the molecule is Cc1c(N)c(C)c2c(c1CN1CCOCC1)OC(C)(C)C2. The number of nitrogens with zero attached hydrogens (tertiary/aromatic N) is 1. The molecule has 2 heterocycles. The van der Waals surface area contributed by atoms with Crippen molar-refractivity contribution in [3.63, 3.8) is 0 Å². The van der Waals surface area contributed by atoms with Crippen LogP contribution >= 0.6 is 0 Å². The summed E-state index contributed by atoms with van der Waals surface area (Å²) in [5.74, 6) is 1.08. The van der Waals surface area contributed by atoms with Crippen LogP contribution in [0, 0.1) is 13.8 Å². The van der Waals surface area contributed by atoms with E-state index in [0.717, 1.165) is 50.7 Å². The fourth-order valence-corrected chi connectivity index (χ4v) is 3.38. The molecule has 3 rings (SSSR count). The summed E-state index contributed by atoms with van der Waals surface area (Å²) in [4.78, 5) is 2.43. The number of nitrogens with two attached hydrogens (primary N) is 1. The van der Waals surface area contributed by atoms with Crippen molar-refractivity contribution in [2.24, 2.45) is 0 Å². The maximum atomic E-state index is 6.35. The van der Waals surface area contributed by atoms with E-state index in [1.165, 1.54) is 22.3 Å². The number of nitrogen functional groups attached to an aromatic ring is 1. The molecule has 0 unspecified atom stereocenters. The van der Waals surface area contributed by atoms with Crippen molar-refractivity contribution in [1.29, 1.82) is 0 Å². The Kier molecular flexibility index (Phi) is 3.62. The van der Waals surface area contributed by atoms with Crippen LogP contribution in [-0.2, 0) is 17.7 Å². The molecule has 0 atom stereocenters. The monoisotopic (exact) mass is 290 g/mol. The van der Waals surface area contributed by atoms with Crippen LogP contribution in [0.15, 0.2) is 0 Å². The number of rotatable bonds is 2. The van der Waals surface area contributed by atoms with Gasteiger partial charge in [0.1, 0.15) is 11.4 Å². The third-order valence-corrected chi connectivity index (χ3v) is 4.73. The summed E-state index contributed by atoms with van der Waals surface area (Å²) < 4.78 is 11.7. The highest BCUT2D eigenvalue weighted by molar-refractivity contribution is 5.66. The molecule has 0 radical (unpaired) electrons. The zero-order valence-electron chi connectivity index (χ0n) is 13.6. The van der Waals surface area contributed by atoms with Gasteiger partial charge in [-0.25, -0.2) is 0 Å². The third-order valence-electron chi connectivity index (χ3n) is 4.73. The highest BCUT2D eigenvalue weighted by Crippen LogP contribution is 2.44. The van der Waals surface area contributed by atoms with Gasteiger partial charge in [-0.15, -0.1) is 0 Å². The molecule has 116 valence electrons. The van der Waals surface area contributed by atoms with Gasteiger partial charge in [-0.1, -0.05) is 0 Å². The summed E-state index contributed by atoms with van der Waals surface area (Å²) in [6, 6.07) is 0. The Bertz CT molecular complexity index is 561. The molecule has 21 heavy (non-hydrogen) atoms. The third kappa shape index (κ3) is 2.62. The van der Waals surface area contributed by atoms with E-state index in [1.807, 2.05) is 0 Å². The normalized spacial score (nSPS) is 21.1. The predicted octanol–water partition coefficient (Wildman–Crippen LogP) is 2.43. The van der Waals surface area contributed by atoms with Gasteiger partial charge in [0.25, 0.3) is 0 Å². The summed E-state index contributed by atoms with van der Waals surface area (Å²) in [7, 11) is 0. The van der Waals surface area contributed by atoms with Crippen molar-refractivity contribution >= 4 is 5.69 Å². The van der Waals surface area contributed by atoms with Crippen molar-refractivity contribution in [2.45, 2.75) is 46.3 Å². The number of hydrogen-bond donors (Lipinski definition) is 1. The van der Waals surface area contributed by atoms with E-state index in [4.69, 9.17) is 15.2 Å². The van der Waals surface area contributed by atoms with Crippen LogP contribution in [0.3, 0.4) is 0 Å². The van der Waals surface area contributed by atoms with E-state index in [1.54, 1.807) is 0 Å². The largest absolute Gasteiger partial charge is 0.487 e. The van der Waals surface area contributed by atoms with E-state index >= 15 is 0 Å². The van der Waals surface area contributed by atoms with Gasteiger partial charge in [0.15, 0.2) is 0 Å². The molecule has 1 aromatic carbocycles. The van der Waals surface area contributed by atoms with Crippen molar-refractivity contribution in [3.05, 3.63) is 22.3 Å². The maximum Gasteiger partial charge on any atom is 0.128 e. The van der Waals surface area contributed by atoms with Gasteiger partial charge in [-0.05, 0) is 38.8 Å². The summed E-state index contributed by atoms with van der Waals surface area (Å²) in [5.41, 5.74) is 12.1. The molecule has 2 aliphatic rings. The van der Waals surface area contributed by atoms with Crippen LogP contribution in [0.25, 0.3) is 0 Å². The zero-order chi connectivity index (χ0) is 15.2. The Balaban J connectivity index is 2.00. The lowest BCUT2D eigenvalue weighted by molar-refractivity contribution is 0.0333. The van der Waals surface area contributed by atoms with Gasteiger partial charge in [0, 0.05) is 42.9 Å². The molecule has 2 aliphatic heterocycles. The first kappa shape index (κ1) is 14.7. The quantitative estimate of drug-likeness (QED) is 0.850. The average molecular weight is 290 g/mol. The highest BCUT2D eigenvalue weighted by Gasteiger charge is 2.35. The first-order chi connectivity index (χ1) is 9.89. The first-order valence-electron chi connectivity index (χ1n) is 7.78. The minimum Gasteiger partial charge on any atom is -0.487 e. The van der Waals surface area contributed by atoms with Crippen LogP contribution in [0.1, 0.15) is 36.1 Å². The molecule has 0 amide bonds. The maximum absolute atomic E-state index is 6.35. The fourth-order valence-electron chi connectivity index (χ4n) is 3.38. The van der Waals surface area contributed by atoms with E-state index in [9.17, 15) is 0 Å². The average Bonchev–Trinajstić information content (AvgIpc) is 2.78. The number of fused-ring (bicyclic) bond motifs is 1. The smallest absolute Gasteiger partial charge is 0.128 e. The molecule has 2 N–H and O–H groups in total. The van der Waals surface area contributed by atoms with Gasteiger partial charge >= 0.3 is 0 Å². The zero-order valence-corrected chi connectivity index (χ0v) is 13.6. The summed E-state index contributed by atoms with van der Waals surface area (Å²) in [5, 5.41) is 0. The minimum atomic E-state index is -0.132. The Morgan fingerprint density at radius 2 is 1.81 bits per heavy atom. The van der Waals surface area contributed by atoms with Crippen LogP contribution < -0.4 is 10.5 Å². The van der Waals surface area contributed by atoms with Gasteiger partial charge in [0.2, 0.25) is 0 Å². The summed E-state index contributed by atoms with van der Waals surface area (Å²) in [6.45, 7) is 13.0. The van der Waals surface area contributed by atoms with Gasteiger partial charge in [0.05, 0.1) is 13.2 Å². The Morgan fingerprint density at radius 3 is 2.48 bits per heavy atom. The van der Waals surface area contributed by atoms with Gasteiger partial charge in [-0.3, -0.25) is 4.90 Å². The lowest BCUT2D eigenvalue weighted by atomic mass is 9.92. The van der Waals surface area contributed by atoms with Crippen LogP contribution in [0.4, 0.5) is 5.69 Å². The molecule has 4 heteroatoms. The fraction of sp³-hybridized carbons (Fsp3) is 0.647. The lowest BCUT2D eigenvalue weighted by Crippen LogP contribution is -2.36. The number of ether oxygens (including phenoxy) is 2. The highest BCUT2D eigenvalue weighted by atomic mass is 16.5. The second-order valence-electron chi connectivity index (χ2n) is 6.88. The van der Waals surface area contributed by atoms with Crippen LogP contribution in [0.5, 0.6) is 5.75 Å². The molecule has 1 aromatic rings. The van der Waals surface area contributed by atoms with Crippen molar-refractivity contribution in [1.82, 2.24) is 4.90 Å². The number of morpholine rings is 1. The summed E-state index contributed by atoms with van der Waals surface area (Å²) in [6.07, 6.45) is 0.939. The molecule has 0 spiro atoms. The van der Waals surface area contributed by atoms with Crippen molar-refractivity contribution in [2.75, 3.05) is 32.0 Å². The standard InChI is InChI=1S/C17H26N2O2/c1-11-13-9-17(3,4)21-16(13)14(12(2)15(11)18)10-19-5-7-20-8-6-19/h5-10,18H2,1-4H3. The van der Waals surface area contributed by atoms with E-state index < -0.39 is 0 Å². The minimum absolute atomic E-state index is 0.132. The molecular weight excluding hydrogens is 264 g/mol. The molecule has 1 fully saturated rings. The lowest BCUT2D eigenvalue weighted by Gasteiger charge is -2.29. The Labute approximate surface area is 127 Å². The molecule has 0 aromatic heterocycles. The van der Waals surface area contributed by atoms with E-state index in [-0.39, 0.29) is 5.60 Å². The van der Waals surface area contributed by atoms with E-state index in [0.29, 0.717) is 0 Å². The van der Waals surface area contributed by atoms with E-state index in [2.05, 4.69) is 32.6 Å². The molecule has 0 aliphatic carbocycles. The second-order valence-corrected chi connectivity index (χ2v) is 6.88.